The molecule has 2 saturated carbocycles. The van der Waals surface area contributed by atoms with E-state index < -0.39 is 0 Å². The fourth-order valence-electron chi connectivity index (χ4n) is 4.42. The number of hydrogen-bond donors (Lipinski definition) is 0. The van der Waals surface area contributed by atoms with E-state index in [9.17, 15) is 4.79 Å². The van der Waals surface area contributed by atoms with Gasteiger partial charge in [0.1, 0.15) is 0 Å². The van der Waals surface area contributed by atoms with Gasteiger partial charge in [-0.25, -0.2) is 0 Å². The average molecular weight is 218 g/mol. The lowest BCUT2D eigenvalue weighted by atomic mass is 9.82. The predicted molar refractivity (Wildman–Crippen MR) is 65.0 cm³/mol. The highest BCUT2D eigenvalue weighted by Crippen LogP contribution is 2.68. The molecule has 1 heteroatoms. The fraction of sp³-hybridized carbons (Fsp3) is 0.800. The molecule has 0 N–H and O–H groups in total. The third-order valence-electron chi connectivity index (χ3n) is 5.66. The molecule has 0 bridgehead atoms. The zero-order valence-corrected chi connectivity index (χ0v) is 10.8. The first kappa shape index (κ1) is 10.6. The molecule has 0 aliphatic heterocycles. The van der Waals surface area contributed by atoms with Crippen LogP contribution >= 0.6 is 0 Å². The molecule has 16 heavy (non-hydrogen) atoms. The molecule has 3 aliphatic rings. The Labute approximate surface area is 98.3 Å². The first-order chi connectivity index (χ1) is 7.44. The third-order valence-corrected chi connectivity index (χ3v) is 5.66. The summed E-state index contributed by atoms with van der Waals surface area (Å²) in [7, 11) is 0. The molecule has 0 saturated heterocycles. The average Bonchev–Trinajstić information content (AvgIpc) is 2.68. The second-order valence-corrected chi connectivity index (χ2v) is 6.77. The van der Waals surface area contributed by atoms with Crippen molar-refractivity contribution in [3.8, 4) is 0 Å². The Morgan fingerprint density at radius 2 is 1.94 bits per heavy atom. The Balaban J connectivity index is 2.05. The molecular weight excluding hydrogens is 196 g/mol. The van der Waals surface area contributed by atoms with Gasteiger partial charge >= 0.3 is 0 Å². The Morgan fingerprint density at radius 3 is 2.62 bits per heavy atom. The number of carbonyl (C=O) groups excluding carboxylic acids is 1. The summed E-state index contributed by atoms with van der Waals surface area (Å²) in [6.07, 6.45) is 3.50. The molecule has 0 radical (unpaired) electrons. The van der Waals surface area contributed by atoms with Crippen molar-refractivity contribution < 1.29 is 4.79 Å². The Bertz CT molecular complexity index is 388. The molecule has 0 unspecified atom stereocenters. The second-order valence-electron chi connectivity index (χ2n) is 6.77. The summed E-state index contributed by atoms with van der Waals surface area (Å²) in [6.45, 7) is 9.19. The lowest BCUT2D eigenvalue weighted by molar-refractivity contribution is -0.115. The van der Waals surface area contributed by atoms with Crippen LogP contribution in [0.2, 0.25) is 0 Å². The van der Waals surface area contributed by atoms with E-state index in [1.807, 2.05) is 0 Å². The first-order valence-corrected chi connectivity index (χ1v) is 6.68. The Kier molecular flexibility index (Phi) is 1.98. The number of ketones is 1. The summed E-state index contributed by atoms with van der Waals surface area (Å²) >= 11 is 0. The maximum absolute atomic E-state index is 11.9. The summed E-state index contributed by atoms with van der Waals surface area (Å²) in [6, 6.07) is 0. The van der Waals surface area contributed by atoms with Crippen LogP contribution in [0.5, 0.6) is 0 Å². The van der Waals surface area contributed by atoms with E-state index in [2.05, 4.69) is 27.7 Å². The number of carbonyl (C=O) groups is 1. The minimum atomic E-state index is 0.426. The van der Waals surface area contributed by atoms with Crippen molar-refractivity contribution in [3.05, 3.63) is 11.1 Å². The Hall–Kier alpha value is -0.590. The number of Topliss-reactive ketones (excluding diaryl/α,β-unsaturated/α-hetero) is 1. The number of rotatable bonds is 0. The molecule has 88 valence electrons. The van der Waals surface area contributed by atoms with Crippen molar-refractivity contribution in [2.45, 2.75) is 47.0 Å². The van der Waals surface area contributed by atoms with Crippen molar-refractivity contribution >= 4 is 5.78 Å². The van der Waals surface area contributed by atoms with Gasteiger partial charge in [-0.3, -0.25) is 4.79 Å². The van der Waals surface area contributed by atoms with Gasteiger partial charge in [0.15, 0.2) is 5.78 Å². The van der Waals surface area contributed by atoms with Crippen LogP contribution in [0.3, 0.4) is 0 Å². The van der Waals surface area contributed by atoms with Crippen LogP contribution in [0.15, 0.2) is 11.1 Å². The van der Waals surface area contributed by atoms with E-state index in [-0.39, 0.29) is 0 Å². The molecule has 0 aromatic carbocycles. The van der Waals surface area contributed by atoms with Crippen molar-refractivity contribution in [1.29, 1.82) is 0 Å². The smallest absolute Gasteiger partial charge is 0.159 e. The lowest BCUT2D eigenvalue weighted by Crippen LogP contribution is -2.14. The van der Waals surface area contributed by atoms with Crippen LogP contribution in [0.25, 0.3) is 0 Å². The van der Waals surface area contributed by atoms with Gasteiger partial charge in [0.2, 0.25) is 0 Å². The first-order valence-electron chi connectivity index (χ1n) is 6.68. The minimum Gasteiger partial charge on any atom is -0.295 e. The number of allylic oxidation sites excluding steroid dienone is 2. The fourth-order valence-corrected chi connectivity index (χ4v) is 4.42. The highest BCUT2D eigenvalue weighted by molar-refractivity contribution is 5.99. The standard InChI is InChI=1S/C15H22O/c1-8-5-6-11-14(15(11,3)4)13-9(2)12(16)7-10(8)13/h8,10-11,14H,5-7H2,1-4H3/t8-,10-,11-,14-/m1/s1. The summed E-state index contributed by atoms with van der Waals surface area (Å²) in [4.78, 5) is 11.9. The van der Waals surface area contributed by atoms with Gasteiger partial charge < -0.3 is 0 Å². The largest absolute Gasteiger partial charge is 0.295 e. The van der Waals surface area contributed by atoms with Gasteiger partial charge in [0, 0.05) is 6.42 Å². The van der Waals surface area contributed by atoms with E-state index >= 15 is 0 Å². The quantitative estimate of drug-likeness (QED) is 0.607. The van der Waals surface area contributed by atoms with Crippen molar-refractivity contribution in [1.82, 2.24) is 0 Å². The van der Waals surface area contributed by atoms with Crippen LogP contribution < -0.4 is 0 Å². The van der Waals surface area contributed by atoms with Gasteiger partial charge in [0.05, 0.1) is 0 Å². The molecule has 0 amide bonds. The summed E-state index contributed by atoms with van der Waals surface area (Å²) < 4.78 is 0. The van der Waals surface area contributed by atoms with Gasteiger partial charge in [-0.2, -0.15) is 0 Å². The van der Waals surface area contributed by atoms with Crippen molar-refractivity contribution in [2.75, 3.05) is 0 Å². The molecule has 0 heterocycles. The molecule has 0 aromatic rings. The summed E-state index contributed by atoms with van der Waals surface area (Å²) in [5, 5.41) is 0. The van der Waals surface area contributed by atoms with Crippen molar-refractivity contribution in [2.24, 2.45) is 29.1 Å². The summed E-state index contributed by atoms with van der Waals surface area (Å²) in [5.41, 5.74) is 3.16. The van der Waals surface area contributed by atoms with E-state index in [0.717, 1.165) is 29.7 Å². The molecule has 4 atom stereocenters. The topological polar surface area (TPSA) is 17.1 Å². The third kappa shape index (κ3) is 1.15. The van der Waals surface area contributed by atoms with E-state index in [0.29, 0.717) is 17.1 Å². The maximum Gasteiger partial charge on any atom is 0.159 e. The van der Waals surface area contributed by atoms with Crippen LogP contribution in [-0.2, 0) is 4.79 Å². The van der Waals surface area contributed by atoms with Gasteiger partial charge in [-0.1, -0.05) is 26.3 Å². The highest BCUT2D eigenvalue weighted by atomic mass is 16.1. The van der Waals surface area contributed by atoms with Gasteiger partial charge in [0.25, 0.3) is 0 Å². The SMILES string of the molecule is CC1=C2[C@H](CC1=O)[C@H](C)CC[C@@H]1[C@H]2C1(C)C. The lowest BCUT2D eigenvalue weighted by Gasteiger charge is -2.22. The molecule has 2 fully saturated rings. The van der Waals surface area contributed by atoms with Crippen molar-refractivity contribution in [3.63, 3.8) is 0 Å². The highest BCUT2D eigenvalue weighted by Gasteiger charge is 2.62. The van der Waals surface area contributed by atoms with Crippen LogP contribution in [0.4, 0.5) is 0 Å². The van der Waals surface area contributed by atoms with Gasteiger partial charge in [-0.05, 0) is 54.4 Å². The zero-order valence-electron chi connectivity index (χ0n) is 10.8. The van der Waals surface area contributed by atoms with Crippen LogP contribution in [0.1, 0.15) is 47.0 Å². The zero-order chi connectivity index (χ0) is 11.7. The summed E-state index contributed by atoms with van der Waals surface area (Å²) in [5.74, 6) is 3.32. The van der Waals surface area contributed by atoms with Crippen LogP contribution in [0, 0.1) is 29.1 Å². The molecule has 3 aliphatic carbocycles. The Morgan fingerprint density at radius 1 is 1.25 bits per heavy atom. The predicted octanol–water partition coefficient (Wildman–Crippen LogP) is 3.59. The molecular formula is C15H22O. The normalized spacial score (nSPS) is 45.1. The number of hydrogen-bond acceptors (Lipinski definition) is 1. The minimum absolute atomic E-state index is 0.426. The van der Waals surface area contributed by atoms with E-state index in [1.165, 1.54) is 12.8 Å². The monoisotopic (exact) mass is 218 g/mol. The molecule has 0 aromatic heterocycles. The maximum atomic E-state index is 11.9. The molecule has 1 nitrogen and oxygen atoms in total. The number of fused-ring (bicyclic) bond motifs is 3. The molecule has 3 rings (SSSR count). The van der Waals surface area contributed by atoms with E-state index in [4.69, 9.17) is 0 Å². The van der Waals surface area contributed by atoms with Gasteiger partial charge in [-0.15, -0.1) is 0 Å². The van der Waals surface area contributed by atoms with Crippen LogP contribution in [-0.4, -0.2) is 5.78 Å². The van der Waals surface area contributed by atoms with E-state index in [1.54, 1.807) is 5.57 Å². The second kappa shape index (κ2) is 3.00. The molecule has 0 spiro atoms.